The van der Waals surface area contributed by atoms with Gasteiger partial charge in [-0.3, -0.25) is 14.4 Å². The van der Waals surface area contributed by atoms with E-state index in [2.05, 4.69) is 5.32 Å². The van der Waals surface area contributed by atoms with Gasteiger partial charge in [0, 0.05) is 44.5 Å². The molecular weight excluding hydrogens is 411 g/mol. The average molecular weight is 438 g/mol. The highest BCUT2D eigenvalue weighted by Gasteiger charge is 2.44. The predicted molar refractivity (Wildman–Crippen MR) is 118 cm³/mol. The topological polar surface area (TPSA) is 75.7 Å². The molecule has 1 saturated heterocycles. The molecule has 2 aromatic rings. The van der Waals surface area contributed by atoms with E-state index in [4.69, 9.17) is 4.74 Å². The van der Waals surface area contributed by atoms with Gasteiger partial charge in [-0.1, -0.05) is 6.07 Å². The van der Waals surface area contributed by atoms with Gasteiger partial charge >= 0.3 is 0 Å². The number of aryl methyl sites for hydroxylation is 2. The number of carbonyl (C=O) groups is 3. The number of piperidine rings is 1. The largest absolute Gasteiger partial charge is 0.486 e. The van der Waals surface area contributed by atoms with E-state index in [1.54, 1.807) is 4.90 Å². The number of fused-ring (bicyclic) bond motifs is 1. The molecule has 6 nitrogen and oxygen atoms in total. The number of benzene rings is 2. The van der Waals surface area contributed by atoms with Crippen LogP contribution in [0.4, 0.5) is 10.1 Å². The van der Waals surface area contributed by atoms with Crippen molar-refractivity contribution in [3.8, 4) is 5.75 Å². The Labute approximate surface area is 186 Å². The van der Waals surface area contributed by atoms with Crippen molar-refractivity contribution in [3.05, 3.63) is 58.9 Å². The molecule has 0 unspecified atom stereocenters. The highest BCUT2D eigenvalue weighted by atomic mass is 19.1. The van der Waals surface area contributed by atoms with Crippen LogP contribution in [0.25, 0.3) is 0 Å². The lowest BCUT2D eigenvalue weighted by Crippen LogP contribution is -2.52. The number of hydrogen-bond acceptors (Lipinski definition) is 4. The van der Waals surface area contributed by atoms with Crippen LogP contribution in [0.1, 0.15) is 53.6 Å². The highest BCUT2D eigenvalue weighted by molar-refractivity contribution is 6.01. The summed E-state index contributed by atoms with van der Waals surface area (Å²) in [6.45, 7) is 4.90. The first-order valence-electron chi connectivity index (χ1n) is 10.9. The molecule has 4 rings (SSSR count). The number of hydrogen-bond donors (Lipinski definition) is 1. The Bertz CT molecular complexity index is 1060. The minimum atomic E-state index is -0.569. The van der Waals surface area contributed by atoms with Crippen molar-refractivity contribution in [2.45, 2.75) is 51.6 Å². The lowest BCUT2D eigenvalue weighted by Gasteiger charge is -2.44. The van der Waals surface area contributed by atoms with Crippen LogP contribution in [0, 0.1) is 19.7 Å². The average Bonchev–Trinajstić information content (AvgIpc) is 2.75. The second-order valence-corrected chi connectivity index (χ2v) is 8.78. The fourth-order valence-corrected chi connectivity index (χ4v) is 4.52. The van der Waals surface area contributed by atoms with Gasteiger partial charge in [0.25, 0.3) is 0 Å². The van der Waals surface area contributed by atoms with Crippen molar-refractivity contribution >= 4 is 23.3 Å². The van der Waals surface area contributed by atoms with Crippen LogP contribution in [0.3, 0.4) is 0 Å². The van der Waals surface area contributed by atoms with Gasteiger partial charge in [0.05, 0.1) is 12.0 Å². The van der Waals surface area contributed by atoms with Gasteiger partial charge in [0.2, 0.25) is 11.8 Å². The zero-order valence-electron chi connectivity index (χ0n) is 18.4. The minimum absolute atomic E-state index is 0.0543. The zero-order valence-corrected chi connectivity index (χ0v) is 18.4. The molecule has 0 aliphatic carbocycles. The van der Waals surface area contributed by atoms with Gasteiger partial charge in [-0.05, 0) is 55.3 Å². The van der Waals surface area contributed by atoms with E-state index < -0.39 is 5.60 Å². The van der Waals surface area contributed by atoms with E-state index in [-0.39, 0.29) is 36.3 Å². The van der Waals surface area contributed by atoms with Gasteiger partial charge < -0.3 is 15.0 Å². The third kappa shape index (κ3) is 4.66. The molecule has 168 valence electrons. The second-order valence-electron chi connectivity index (χ2n) is 8.78. The van der Waals surface area contributed by atoms with Crippen LogP contribution in [0.15, 0.2) is 36.4 Å². The van der Waals surface area contributed by atoms with Gasteiger partial charge in [-0.2, -0.15) is 0 Å². The number of likely N-dealkylation sites (tertiary alicyclic amines) is 1. The van der Waals surface area contributed by atoms with E-state index in [0.29, 0.717) is 49.4 Å². The minimum Gasteiger partial charge on any atom is -0.486 e. The number of ketones is 1. The number of Topliss-reactive ketones (excluding diaryl/α,β-unsaturated/α-hetero) is 1. The first-order valence-corrected chi connectivity index (χ1v) is 10.9. The van der Waals surface area contributed by atoms with Crippen LogP contribution in [-0.4, -0.2) is 41.2 Å². The summed E-state index contributed by atoms with van der Waals surface area (Å²) in [5.74, 6) is 0.00306. The first-order chi connectivity index (χ1) is 15.2. The van der Waals surface area contributed by atoms with E-state index >= 15 is 0 Å². The maximum atomic E-state index is 13.0. The van der Waals surface area contributed by atoms with Crippen molar-refractivity contribution in [3.63, 3.8) is 0 Å². The zero-order chi connectivity index (χ0) is 22.9. The summed E-state index contributed by atoms with van der Waals surface area (Å²) in [5, 5.41) is 2.66. The van der Waals surface area contributed by atoms with E-state index in [0.717, 1.165) is 11.1 Å². The normalized spacial score (nSPS) is 17.0. The Morgan fingerprint density at radius 2 is 1.78 bits per heavy atom. The number of rotatable bonds is 4. The van der Waals surface area contributed by atoms with Gasteiger partial charge in [0.1, 0.15) is 17.2 Å². The Hall–Kier alpha value is -3.22. The van der Waals surface area contributed by atoms with Crippen molar-refractivity contribution < 1.29 is 23.5 Å². The first kappa shape index (κ1) is 22.0. The molecule has 0 aromatic heterocycles. The van der Waals surface area contributed by atoms with Gasteiger partial charge in [-0.15, -0.1) is 0 Å². The molecule has 0 bridgehead atoms. The van der Waals surface area contributed by atoms with Crippen LogP contribution in [-0.2, 0) is 9.59 Å². The van der Waals surface area contributed by atoms with Crippen molar-refractivity contribution in [2.24, 2.45) is 0 Å². The van der Waals surface area contributed by atoms with Crippen molar-refractivity contribution in [1.82, 2.24) is 4.90 Å². The number of nitrogens with one attached hydrogen (secondary N) is 1. The number of amides is 2. The summed E-state index contributed by atoms with van der Waals surface area (Å²) in [6.07, 6.45) is 1.64. The number of ether oxygens (including phenoxy) is 1. The third-order valence-electron chi connectivity index (χ3n) is 6.24. The second kappa shape index (κ2) is 8.73. The third-order valence-corrected chi connectivity index (χ3v) is 6.24. The Morgan fingerprint density at radius 1 is 1.09 bits per heavy atom. The number of halogens is 1. The predicted octanol–water partition coefficient (Wildman–Crippen LogP) is 4.19. The Balaban J connectivity index is 1.30. The SMILES string of the molecule is Cc1cc(C)c2c(c1)C(=O)CC1(CCN(C(=O)CCC(=O)Nc3ccc(F)cc3)CC1)O2. The standard InChI is InChI=1S/C25H27FN2O4/c1-16-13-17(2)24-20(14-16)21(29)15-25(32-24)9-11-28(12-10-25)23(31)8-7-22(30)27-19-5-3-18(26)4-6-19/h3-6,13-14H,7-12,15H2,1-2H3,(H,27,30). The van der Waals surface area contributed by atoms with Crippen molar-refractivity contribution in [2.75, 3.05) is 18.4 Å². The fourth-order valence-electron chi connectivity index (χ4n) is 4.52. The van der Waals surface area contributed by atoms with Gasteiger partial charge in [0.15, 0.2) is 5.78 Å². The van der Waals surface area contributed by atoms with Crippen LogP contribution in [0.2, 0.25) is 0 Å². The maximum absolute atomic E-state index is 13.0. The van der Waals surface area contributed by atoms with Crippen molar-refractivity contribution in [1.29, 1.82) is 0 Å². The number of nitrogens with zero attached hydrogens (tertiary/aromatic N) is 1. The molecule has 2 aliphatic heterocycles. The monoisotopic (exact) mass is 438 g/mol. The van der Waals surface area contributed by atoms with Gasteiger partial charge in [-0.25, -0.2) is 4.39 Å². The molecule has 1 N–H and O–H groups in total. The number of carbonyl (C=O) groups excluding carboxylic acids is 3. The molecule has 7 heteroatoms. The molecule has 0 radical (unpaired) electrons. The lowest BCUT2D eigenvalue weighted by atomic mass is 9.81. The molecular formula is C25H27FN2O4. The highest BCUT2D eigenvalue weighted by Crippen LogP contribution is 2.41. The Morgan fingerprint density at radius 3 is 2.47 bits per heavy atom. The smallest absolute Gasteiger partial charge is 0.224 e. The fraction of sp³-hybridized carbons (Fsp3) is 0.400. The molecule has 1 spiro atoms. The molecule has 32 heavy (non-hydrogen) atoms. The molecule has 1 fully saturated rings. The quantitative estimate of drug-likeness (QED) is 0.777. The maximum Gasteiger partial charge on any atom is 0.224 e. The summed E-state index contributed by atoms with van der Waals surface area (Å²) >= 11 is 0. The van der Waals surface area contributed by atoms with Crippen LogP contribution >= 0.6 is 0 Å². The molecule has 0 atom stereocenters. The van der Waals surface area contributed by atoms with Crippen LogP contribution in [0.5, 0.6) is 5.75 Å². The molecule has 2 aliphatic rings. The van der Waals surface area contributed by atoms with E-state index in [1.807, 2.05) is 26.0 Å². The lowest BCUT2D eigenvalue weighted by molar-refractivity contribution is -0.136. The number of anilines is 1. The molecule has 0 saturated carbocycles. The van der Waals surface area contributed by atoms with E-state index in [9.17, 15) is 18.8 Å². The van der Waals surface area contributed by atoms with E-state index in [1.165, 1.54) is 24.3 Å². The molecule has 2 heterocycles. The molecule has 2 aromatic carbocycles. The summed E-state index contributed by atoms with van der Waals surface area (Å²) in [6, 6.07) is 9.39. The summed E-state index contributed by atoms with van der Waals surface area (Å²) < 4.78 is 19.3. The summed E-state index contributed by atoms with van der Waals surface area (Å²) in [4.78, 5) is 39.3. The summed E-state index contributed by atoms with van der Waals surface area (Å²) in [5.41, 5.74) is 2.57. The molecule has 2 amide bonds. The Kier molecular flexibility index (Phi) is 6.00. The van der Waals surface area contributed by atoms with Crippen LogP contribution < -0.4 is 10.1 Å². The summed E-state index contributed by atoms with van der Waals surface area (Å²) in [7, 11) is 0.